The molecule has 1 aliphatic heterocycles. The Balaban J connectivity index is 2.19. The van der Waals surface area contributed by atoms with Crippen LogP contribution in [0.4, 0.5) is 0 Å². The number of pyridine rings is 1. The summed E-state index contributed by atoms with van der Waals surface area (Å²) in [7, 11) is 0. The second-order valence-electron chi connectivity index (χ2n) is 4.48. The number of hydrogen-bond donors (Lipinski definition) is 0. The van der Waals surface area contributed by atoms with E-state index in [0.717, 1.165) is 31.7 Å². The maximum Gasteiger partial charge on any atom is 0.137 e. The first-order valence-electron chi connectivity index (χ1n) is 5.97. The molecule has 2 aromatic rings. The van der Waals surface area contributed by atoms with E-state index in [0.29, 0.717) is 0 Å². The minimum Gasteiger partial charge on any atom is -0.300 e. The van der Waals surface area contributed by atoms with Gasteiger partial charge in [0.15, 0.2) is 0 Å². The van der Waals surface area contributed by atoms with Crippen molar-refractivity contribution in [3.8, 4) is 0 Å². The number of aryl methyl sites for hydroxylation is 1. The van der Waals surface area contributed by atoms with Gasteiger partial charge in [-0.2, -0.15) is 0 Å². The molecule has 2 aromatic heterocycles. The standard InChI is InChI=1S/C13H17N3/c1-3-15-8-7-11-12(9-15)16-10(2)5-4-6-13(16)14-11/h4-6H,3,7-9H2,1-2H3. The van der Waals surface area contributed by atoms with Crippen LogP contribution in [0.25, 0.3) is 5.65 Å². The van der Waals surface area contributed by atoms with Gasteiger partial charge >= 0.3 is 0 Å². The second-order valence-corrected chi connectivity index (χ2v) is 4.48. The highest BCUT2D eigenvalue weighted by molar-refractivity contribution is 5.45. The van der Waals surface area contributed by atoms with E-state index < -0.39 is 0 Å². The fraction of sp³-hybridized carbons (Fsp3) is 0.462. The highest BCUT2D eigenvalue weighted by Crippen LogP contribution is 2.21. The normalized spacial score (nSPS) is 16.6. The van der Waals surface area contributed by atoms with Crippen LogP contribution in [0, 0.1) is 6.92 Å². The van der Waals surface area contributed by atoms with E-state index in [2.05, 4.69) is 41.3 Å². The Labute approximate surface area is 95.7 Å². The number of nitrogens with zero attached hydrogens (tertiary/aromatic N) is 3. The average Bonchev–Trinajstić information content (AvgIpc) is 2.67. The molecule has 0 spiro atoms. The lowest BCUT2D eigenvalue weighted by Crippen LogP contribution is -2.30. The van der Waals surface area contributed by atoms with Gasteiger partial charge in [0.2, 0.25) is 0 Å². The van der Waals surface area contributed by atoms with Crippen molar-refractivity contribution in [3.05, 3.63) is 35.3 Å². The topological polar surface area (TPSA) is 20.5 Å². The van der Waals surface area contributed by atoms with Gasteiger partial charge in [0, 0.05) is 25.2 Å². The second kappa shape index (κ2) is 3.59. The maximum atomic E-state index is 4.72. The average molecular weight is 215 g/mol. The number of hydrogen-bond acceptors (Lipinski definition) is 2. The molecular weight excluding hydrogens is 198 g/mol. The minimum atomic E-state index is 1.04. The predicted molar refractivity (Wildman–Crippen MR) is 64.6 cm³/mol. The zero-order valence-electron chi connectivity index (χ0n) is 9.90. The molecular formula is C13H17N3. The molecule has 0 saturated carbocycles. The van der Waals surface area contributed by atoms with E-state index in [4.69, 9.17) is 4.98 Å². The summed E-state index contributed by atoms with van der Waals surface area (Å²) in [5.74, 6) is 0. The predicted octanol–water partition coefficient (Wildman–Crippen LogP) is 2.02. The van der Waals surface area contributed by atoms with Crippen molar-refractivity contribution in [2.75, 3.05) is 13.1 Å². The Bertz CT molecular complexity index is 527. The van der Waals surface area contributed by atoms with Crippen LogP contribution in [0.15, 0.2) is 18.2 Å². The first-order valence-corrected chi connectivity index (χ1v) is 5.97. The molecule has 3 heterocycles. The lowest BCUT2D eigenvalue weighted by molar-refractivity contribution is 0.262. The zero-order valence-corrected chi connectivity index (χ0v) is 9.90. The number of rotatable bonds is 1. The molecule has 0 fully saturated rings. The minimum absolute atomic E-state index is 1.04. The summed E-state index contributed by atoms with van der Waals surface area (Å²) in [6, 6.07) is 6.34. The van der Waals surface area contributed by atoms with Crippen LogP contribution in [0.1, 0.15) is 24.0 Å². The van der Waals surface area contributed by atoms with Gasteiger partial charge < -0.3 is 0 Å². The smallest absolute Gasteiger partial charge is 0.137 e. The van der Waals surface area contributed by atoms with Crippen LogP contribution in [-0.2, 0) is 13.0 Å². The van der Waals surface area contributed by atoms with Gasteiger partial charge in [0.25, 0.3) is 0 Å². The van der Waals surface area contributed by atoms with Gasteiger partial charge in [0.1, 0.15) is 5.65 Å². The number of aromatic nitrogens is 2. The Hall–Kier alpha value is -1.35. The third kappa shape index (κ3) is 1.35. The van der Waals surface area contributed by atoms with Gasteiger partial charge in [-0.15, -0.1) is 0 Å². The number of fused-ring (bicyclic) bond motifs is 3. The van der Waals surface area contributed by atoms with Crippen molar-refractivity contribution in [3.63, 3.8) is 0 Å². The Kier molecular flexibility index (Phi) is 2.21. The Morgan fingerprint density at radius 3 is 3.06 bits per heavy atom. The third-order valence-electron chi connectivity index (χ3n) is 3.50. The van der Waals surface area contributed by atoms with Crippen molar-refractivity contribution in [2.24, 2.45) is 0 Å². The van der Waals surface area contributed by atoms with Crippen LogP contribution < -0.4 is 0 Å². The molecule has 0 amide bonds. The summed E-state index contributed by atoms with van der Waals surface area (Å²) >= 11 is 0. The van der Waals surface area contributed by atoms with Crippen molar-refractivity contribution in [2.45, 2.75) is 26.8 Å². The summed E-state index contributed by atoms with van der Waals surface area (Å²) in [5.41, 5.74) is 5.06. The molecule has 0 saturated heterocycles. The number of imidazole rings is 1. The van der Waals surface area contributed by atoms with Crippen LogP contribution in [-0.4, -0.2) is 27.4 Å². The van der Waals surface area contributed by atoms with E-state index in [9.17, 15) is 0 Å². The zero-order chi connectivity index (χ0) is 11.1. The monoisotopic (exact) mass is 215 g/mol. The fourth-order valence-electron chi connectivity index (χ4n) is 2.56. The Morgan fingerprint density at radius 1 is 1.38 bits per heavy atom. The first-order chi connectivity index (χ1) is 7.79. The molecule has 3 rings (SSSR count). The molecule has 0 aliphatic carbocycles. The van der Waals surface area contributed by atoms with Crippen LogP contribution >= 0.6 is 0 Å². The van der Waals surface area contributed by atoms with Crippen molar-refractivity contribution >= 4 is 5.65 Å². The molecule has 3 heteroatoms. The van der Waals surface area contributed by atoms with Gasteiger partial charge in [0.05, 0.1) is 11.4 Å². The van der Waals surface area contributed by atoms with Crippen molar-refractivity contribution < 1.29 is 0 Å². The summed E-state index contributed by atoms with van der Waals surface area (Å²) in [6.45, 7) is 7.68. The van der Waals surface area contributed by atoms with E-state index in [1.54, 1.807) is 0 Å². The molecule has 1 aliphatic rings. The highest BCUT2D eigenvalue weighted by atomic mass is 15.2. The lowest BCUT2D eigenvalue weighted by Gasteiger charge is -2.25. The van der Waals surface area contributed by atoms with E-state index >= 15 is 0 Å². The Morgan fingerprint density at radius 2 is 2.25 bits per heavy atom. The molecule has 0 N–H and O–H groups in total. The first kappa shape index (κ1) is 9.85. The largest absolute Gasteiger partial charge is 0.300 e. The van der Waals surface area contributed by atoms with Crippen molar-refractivity contribution in [1.29, 1.82) is 0 Å². The van der Waals surface area contributed by atoms with Gasteiger partial charge in [-0.3, -0.25) is 9.30 Å². The van der Waals surface area contributed by atoms with E-state index in [1.807, 2.05) is 0 Å². The quantitative estimate of drug-likeness (QED) is 0.725. The summed E-state index contributed by atoms with van der Waals surface area (Å²) in [6.07, 6.45) is 1.09. The van der Waals surface area contributed by atoms with Crippen LogP contribution in [0.2, 0.25) is 0 Å². The van der Waals surface area contributed by atoms with Crippen LogP contribution in [0.5, 0.6) is 0 Å². The highest BCUT2D eigenvalue weighted by Gasteiger charge is 2.20. The summed E-state index contributed by atoms with van der Waals surface area (Å²) in [5, 5.41) is 0. The fourth-order valence-corrected chi connectivity index (χ4v) is 2.56. The lowest BCUT2D eigenvalue weighted by atomic mass is 10.1. The van der Waals surface area contributed by atoms with Gasteiger partial charge in [-0.25, -0.2) is 4.98 Å². The molecule has 0 bridgehead atoms. The third-order valence-corrected chi connectivity index (χ3v) is 3.50. The molecule has 0 unspecified atom stereocenters. The summed E-state index contributed by atoms with van der Waals surface area (Å²) < 4.78 is 2.30. The van der Waals surface area contributed by atoms with Gasteiger partial charge in [-0.1, -0.05) is 13.0 Å². The molecule has 16 heavy (non-hydrogen) atoms. The summed E-state index contributed by atoms with van der Waals surface area (Å²) in [4.78, 5) is 7.19. The SMILES string of the molecule is CCN1CCc2nc3cccc(C)n3c2C1. The van der Waals surface area contributed by atoms with Gasteiger partial charge in [-0.05, 0) is 25.6 Å². The van der Waals surface area contributed by atoms with Crippen LogP contribution in [0.3, 0.4) is 0 Å². The number of likely N-dealkylation sites (N-methyl/N-ethyl adjacent to an activating group) is 1. The molecule has 0 aromatic carbocycles. The van der Waals surface area contributed by atoms with E-state index in [-0.39, 0.29) is 0 Å². The van der Waals surface area contributed by atoms with E-state index in [1.165, 1.54) is 17.1 Å². The molecule has 3 nitrogen and oxygen atoms in total. The maximum absolute atomic E-state index is 4.72. The van der Waals surface area contributed by atoms with Crippen molar-refractivity contribution in [1.82, 2.24) is 14.3 Å². The molecule has 0 atom stereocenters. The molecule has 0 radical (unpaired) electrons. The molecule has 84 valence electrons.